The van der Waals surface area contributed by atoms with Gasteiger partial charge in [0.2, 0.25) is 11.2 Å². The average Bonchev–Trinajstić information content (AvgIpc) is 2.92. The number of nitrogens with zero attached hydrogens (tertiary/aromatic N) is 3. The first kappa shape index (κ1) is 14.0. The van der Waals surface area contributed by atoms with Crippen LogP contribution in [0.25, 0.3) is 10.1 Å². The van der Waals surface area contributed by atoms with Gasteiger partial charge < -0.3 is 10.1 Å². The second-order valence-electron chi connectivity index (χ2n) is 4.36. The summed E-state index contributed by atoms with van der Waals surface area (Å²) in [5.41, 5.74) is 0.893. The second kappa shape index (κ2) is 6.24. The van der Waals surface area contributed by atoms with Gasteiger partial charge in [-0.05, 0) is 53.1 Å². The molecule has 2 aromatic heterocycles. The van der Waals surface area contributed by atoms with Crippen LogP contribution in [0.1, 0.15) is 13.3 Å². The minimum absolute atomic E-state index is 0.107. The third-order valence-electron chi connectivity index (χ3n) is 2.73. The van der Waals surface area contributed by atoms with Crippen molar-refractivity contribution in [3.8, 4) is 6.01 Å². The molecule has 0 unspecified atom stereocenters. The Morgan fingerprint density at radius 2 is 2.14 bits per heavy atom. The standard InChI is InChI=1S/C14H13ClN4OS/c1-2-6-20-14-18-12(15)17-13(19-14)16-10-3-4-11-9(8-10)5-7-21-11/h3-5,7-8H,2,6H2,1H3,(H,16,17,18,19). The first-order chi connectivity index (χ1) is 10.2. The summed E-state index contributed by atoms with van der Waals surface area (Å²) in [6.45, 7) is 2.55. The van der Waals surface area contributed by atoms with Crippen LogP contribution in [0.2, 0.25) is 5.28 Å². The van der Waals surface area contributed by atoms with Crippen LogP contribution >= 0.6 is 22.9 Å². The molecule has 0 bridgehead atoms. The summed E-state index contributed by atoms with van der Waals surface area (Å²) in [6, 6.07) is 8.37. The van der Waals surface area contributed by atoms with Gasteiger partial charge in [-0.1, -0.05) is 6.92 Å². The Bertz CT molecular complexity index is 762. The number of nitrogens with one attached hydrogen (secondary N) is 1. The molecule has 0 fully saturated rings. The number of thiophene rings is 1. The number of hydrogen-bond acceptors (Lipinski definition) is 6. The molecule has 0 radical (unpaired) electrons. The van der Waals surface area contributed by atoms with Crippen molar-refractivity contribution in [3.63, 3.8) is 0 Å². The topological polar surface area (TPSA) is 59.9 Å². The van der Waals surface area contributed by atoms with Crippen LogP contribution in [-0.2, 0) is 0 Å². The van der Waals surface area contributed by atoms with Crippen molar-refractivity contribution in [2.75, 3.05) is 11.9 Å². The molecule has 1 aromatic carbocycles. The smallest absolute Gasteiger partial charge is 0.322 e. The highest BCUT2D eigenvalue weighted by Crippen LogP contribution is 2.25. The van der Waals surface area contributed by atoms with Gasteiger partial charge in [-0.3, -0.25) is 0 Å². The minimum atomic E-state index is 0.107. The molecule has 21 heavy (non-hydrogen) atoms. The van der Waals surface area contributed by atoms with Crippen molar-refractivity contribution in [1.82, 2.24) is 15.0 Å². The van der Waals surface area contributed by atoms with Crippen LogP contribution in [-0.4, -0.2) is 21.6 Å². The number of benzene rings is 1. The van der Waals surface area contributed by atoms with E-state index in [9.17, 15) is 0 Å². The summed E-state index contributed by atoms with van der Waals surface area (Å²) < 4.78 is 6.62. The summed E-state index contributed by atoms with van der Waals surface area (Å²) in [6.07, 6.45) is 0.876. The largest absolute Gasteiger partial charge is 0.463 e. The number of hydrogen-bond donors (Lipinski definition) is 1. The minimum Gasteiger partial charge on any atom is -0.463 e. The van der Waals surface area contributed by atoms with E-state index in [2.05, 4.69) is 37.8 Å². The highest BCUT2D eigenvalue weighted by Gasteiger charge is 2.07. The van der Waals surface area contributed by atoms with Crippen molar-refractivity contribution < 1.29 is 4.74 Å². The number of anilines is 2. The van der Waals surface area contributed by atoms with Crippen molar-refractivity contribution >= 4 is 44.7 Å². The summed E-state index contributed by atoms with van der Waals surface area (Å²) in [4.78, 5) is 12.2. The van der Waals surface area contributed by atoms with E-state index in [1.807, 2.05) is 19.1 Å². The van der Waals surface area contributed by atoms with Crippen molar-refractivity contribution in [1.29, 1.82) is 0 Å². The van der Waals surface area contributed by atoms with Crippen molar-refractivity contribution in [2.45, 2.75) is 13.3 Å². The molecule has 0 aliphatic rings. The predicted octanol–water partition coefficient (Wildman–Crippen LogP) is 4.27. The van der Waals surface area contributed by atoms with Crippen molar-refractivity contribution in [3.05, 3.63) is 34.9 Å². The van der Waals surface area contributed by atoms with E-state index in [-0.39, 0.29) is 11.3 Å². The van der Waals surface area contributed by atoms with Gasteiger partial charge >= 0.3 is 6.01 Å². The van der Waals surface area contributed by atoms with Crippen LogP contribution < -0.4 is 10.1 Å². The SMILES string of the molecule is CCCOc1nc(Cl)nc(Nc2ccc3sccc3c2)n1. The lowest BCUT2D eigenvalue weighted by Crippen LogP contribution is -2.04. The van der Waals surface area contributed by atoms with Gasteiger partial charge in [-0.15, -0.1) is 11.3 Å². The van der Waals surface area contributed by atoms with Crippen LogP contribution in [0.4, 0.5) is 11.6 Å². The zero-order valence-corrected chi connectivity index (χ0v) is 12.9. The Hall–Kier alpha value is -1.92. The van der Waals surface area contributed by atoms with Gasteiger partial charge in [-0.25, -0.2) is 0 Å². The van der Waals surface area contributed by atoms with Gasteiger partial charge in [-0.2, -0.15) is 15.0 Å². The molecular weight excluding hydrogens is 308 g/mol. The van der Waals surface area contributed by atoms with Gasteiger partial charge in [0.25, 0.3) is 0 Å². The summed E-state index contributed by atoms with van der Waals surface area (Å²) >= 11 is 7.60. The number of ether oxygens (including phenoxy) is 1. The quantitative estimate of drug-likeness (QED) is 0.760. The Balaban J connectivity index is 1.84. The van der Waals surface area contributed by atoms with Crippen molar-refractivity contribution in [2.24, 2.45) is 0 Å². The number of rotatable bonds is 5. The van der Waals surface area contributed by atoms with E-state index in [4.69, 9.17) is 16.3 Å². The molecule has 1 N–H and O–H groups in total. The number of aromatic nitrogens is 3. The van der Waals surface area contributed by atoms with E-state index in [0.29, 0.717) is 12.6 Å². The highest BCUT2D eigenvalue weighted by atomic mass is 35.5. The maximum Gasteiger partial charge on any atom is 0.322 e. The molecule has 108 valence electrons. The molecule has 5 nitrogen and oxygen atoms in total. The van der Waals surface area contributed by atoms with Crippen LogP contribution in [0.5, 0.6) is 6.01 Å². The molecule has 0 aliphatic carbocycles. The molecule has 2 heterocycles. The highest BCUT2D eigenvalue weighted by molar-refractivity contribution is 7.17. The van der Waals surface area contributed by atoms with Crippen LogP contribution in [0.3, 0.4) is 0 Å². The Labute approximate surface area is 131 Å². The first-order valence-electron chi connectivity index (χ1n) is 6.53. The molecule has 3 rings (SSSR count). The third kappa shape index (κ3) is 3.40. The molecule has 0 saturated carbocycles. The molecule has 7 heteroatoms. The lowest BCUT2D eigenvalue weighted by Gasteiger charge is -2.07. The van der Waals surface area contributed by atoms with Gasteiger partial charge in [0.15, 0.2) is 0 Å². The summed E-state index contributed by atoms with van der Waals surface area (Å²) in [5, 5.41) is 6.46. The lowest BCUT2D eigenvalue weighted by atomic mass is 10.2. The number of halogens is 1. The van der Waals surface area contributed by atoms with Crippen LogP contribution in [0.15, 0.2) is 29.6 Å². The number of fused-ring (bicyclic) bond motifs is 1. The molecule has 3 aromatic rings. The van der Waals surface area contributed by atoms with Gasteiger partial charge in [0, 0.05) is 10.4 Å². The molecule has 0 amide bonds. The zero-order valence-electron chi connectivity index (χ0n) is 11.3. The zero-order chi connectivity index (χ0) is 14.7. The van der Waals surface area contributed by atoms with E-state index < -0.39 is 0 Å². The first-order valence-corrected chi connectivity index (χ1v) is 7.79. The van der Waals surface area contributed by atoms with Gasteiger partial charge in [0.1, 0.15) is 0 Å². The van der Waals surface area contributed by atoms with Crippen LogP contribution in [0, 0.1) is 0 Å². The van der Waals surface area contributed by atoms with E-state index in [1.165, 1.54) is 10.1 Å². The normalized spacial score (nSPS) is 10.8. The molecule has 0 aliphatic heterocycles. The summed E-state index contributed by atoms with van der Waals surface area (Å²) in [5.74, 6) is 0.371. The maximum atomic E-state index is 5.89. The maximum absolute atomic E-state index is 5.89. The van der Waals surface area contributed by atoms with E-state index in [0.717, 1.165) is 12.1 Å². The van der Waals surface area contributed by atoms with E-state index >= 15 is 0 Å². The Morgan fingerprint density at radius 3 is 3.00 bits per heavy atom. The molecular formula is C14H13ClN4OS. The van der Waals surface area contributed by atoms with E-state index in [1.54, 1.807) is 11.3 Å². The fourth-order valence-electron chi connectivity index (χ4n) is 1.82. The molecule has 0 saturated heterocycles. The lowest BCUT2D eigenvalue weighted by molar-refractivity contribution is 0.292. The second-order valence-corrected chi connectivity index (χ2v) is 5.64. The predicted molar refractivity (Wildman–Crippen MR) is 85.7 cm³/mol. The summed E-state index contributed by atoms with van der Waals surface area (Å²) in [7, 11) is 0. The Kier molecular flexibility index (Phi) is 4.17. The monoisotopic (exact) mass is 320 g/mol. The third-order valence-corrected chi connectivity index (χ3v) is 3.80. The average molecular weight is 321 g/mol. The molecule has 0 spiro atoms. The Morgan fingerprint density at radius 1 is 1.24 bits per heavy atom. The fourth-order valence-corrected chi connectivity index (χ4v) is 2.74. The van der Waals surface area contributed by atoms with Gasteiger partial charge in [0.05, 0.1) is 6.61 Å². The fraction of sp³-hybridized carbons (Fsp3) is 0.214. The molecule has 0 atom stereocenters.